The largest absolute Gasteiger partial charge is 0.309 e. The first kappa shape index (κ1) is 43.3. The highest BCUT2D eigenvalue weighted by Crippen LogP contribution is 2.52. The van der Waals surface area contributed by atoms with Crippen molar-refractivity contribution in [2.24, 2.45) is 0 Å². The van der Waals surface area contributed by atoms with E-state index in [0.717, 1.165) is 24.2 Å². The molecule has 0 radical (unpaired) electrons. The van der Waals surface area contributed by atoms with Crippen molar-refractivity contribution in [1.82, 2.24) is 0 Å². The van der Waals surface area contributed by atoms with Crippen LogP contribution in [0.4, 0.5) is 34.1 Å². The Hall–Kier alpha value is -6.64. The van der Waals surface area contributed by atoms with E-state index in [4.69, 9.17) is 0 Å². The summed E-state index contributed by atoms with van der Waals surface area (Å²) in [6, 6.07) is 64.8. The van der Waals surface area contributed by atoms with E-state index in [9.17, 15) is 0 Å². The molecule has 10 rings (SSSR count). The molecule has 0 saturated carbocycles. The molecule has 330 valence electrons. The first-order chi connectivity index (χ1) is 31.8. The van der Waals surface area contributed by atoms with Crippen LogP contribution in [0.1, 0.15) is 116 Å². The lowest BCUT2D eigenvalue weighted by Gasteiger charge is -2.33. The van der Waals surface area contributed by atoms with Gasteiger partial charge >= 0.3 is 0 Å². The van der Waals surface area contributed by atoms with Gasteiger partial charge in [0.15, 0.2) is 0 Å². The van der Waals surface area contributed by atoms with E-state index in [1.165, 1.54) is 98.9 Å². The Kier molecular flexibility index (Phi) is 10.9. The minimum absolute atomic E-state index is 0.0408. The smallest absolute Gasteiger partial charge is 0.0543 e. The number of benzene rings is 10. The fraction of sp³-hybridized carbons (Fsp3) is 0.250. The second-order valence-corrected chi connectivity index (χ2v) is 20.9. The molecule has 0 saturated heterocycles. The fourth-order valence-electron chi connectivity index (χ4n) is 10.5. The predicted octanol–water partition coefficient (Wildman–Crippen LogP) is 19.5. The summed E-state index contributed by atoms with van der Waals surface area (Å²) in [7, 11) is 0. The van der Waals surface area contributed by atoms with E-state index < -0.39 is 0 Å². The first-order valence-electron chi connectivity index (χ1n) is 24.3. The van der Waals surface area contributed by atoms with Crippen molar-refractivity contribution in [2.75, 3.05) is 9.80 Å². The lowest BCUT2D eigenvalue weighted by molar-refractivity contribution is 0.590. The number of hydrogen-bond acceptors (Lipinski definition) is 2. The van der Waals surface area contributed by atoms with Crippen molar-refractivity contribution in [2.45, 2.75) is 105 Å². The zero-order valence-electron chi connectivity index (χ0n) is 40.6. The topological polar surface area (TPSA) is 6.48 Å². The zero-order valence-corrected chi connectivity index (χ0v) is 40.6. The Morgan fingerprint density at radius 3 is 1.08 bits per heavy atom. The van der Waals surface area contributed by atoms with Crippen molar-refractivity contribution in [3.8, 4) is 0 Å². The monoisotopic (exact) mass is 861 g/mol. The van der Waals surface area contributed by atoms with Gasteiger partial charge in [-0.05, 0) is 139 Å². The molecule has 2 unspecified atom stereocenters. The Labute approximate surface area is 392 Å². The molecule has 0 heterocycles. The third-order valence-corrected chi connectivity index (χ3v) is 14.7. The van der Waals surface area contributed by atoms with Crippen molar-refractivity contribution in [3.05, 3.63) is 192 Å². The molecule has 0 bridgehead atoms. The molecule has 10 aromatic rings. The summed E-state index contributed by atoms with van der Waals surface area (Å²) in [5.74, 6) is 0.681. The van der Waals surface area contributed by atoms with Gasteiger partial charge in [-0.3, -0.25) is 0 Å². The highest BCUT2D eigenvalue weighted by atomic mass is 15.2. The van der Waals surface area contributed by atoms with E-state index in [0.29, 0.717) is 11.8 Å². The number of hydrogen-bond donors (Lipinski definition) is 0. The van der Waals surface area contributed by atoms with E-state index in [1.54, 1.807) is 0 Å². The molecule has 0 spiro atoms. The van der Waals surface area contributed by atoms with Crippen LogP contribution in [0, 0.1) is 0 Å². The van der Waals surface area contributed by atoms with Crippen molar-refractivity contribution in [1.29, 1.82) is 0 Å². The van der Waals surface area contributed by atoms with Crippen molar-refractivity contribution in [3.63, 3.8) is 0 Å². The number of anilines is 6. The highest BCUT2D eigenvalue weighted by Gasteiger charge is 2.28. The minimum Gasteiger partial charge on any atom is -0.309 e. The molecule has 10 aromatic carbocycles. The quantitative estimate of drug-likeness (QED) is 0.126. The Balaban J connectivity index is 1.34. The van der Waals surface area contributed by atoms with Gasteiger partial charge in [-0.15, -0.1) is 0 Å². The van der Waals surface area contributed by atoms with Crippen molar-refractivity contribution < 1.29 is 0 Å². The Morgan fingerprint density at radius 1 is 0.364 bits per heavy atom. The average Bonchev–Trinajstić information content (AvgIpc) is 3.33. The second-order valence-electron chi connectivity index (χ2n) is 20.9. The van der Waals surface area contributed by atoms with Crippen LogP contribution < -0.4 is 9.80 Å². The van der Waals surface area contributed by atoms with Crippen LogP contribution in [0.5, 0.6) is 0 Å². The molecule has 0 fully saturated rings. The summed E-state index contributed by atoms with van der Waals surface area (Å²) in [5, 5.41) is 12.9. The lowest BCUT2D eigenvalue weighted by atomic mass is 9.82. The summed E-state index contributed by atoms with van der Waals surface area (Å²) in [4.78, 5) is 5.12. The molecular weight excluding hydrogens is 797 g/mol. The van der Waals surface area contributed by atoms with Crippen LogP contribution in [0.15, 0.2) is 170 Å². The average molecular weight is 861 g/mol. The minimum atomic E-state index is 0.0408. The standard InChI is InChI=1S/C64H64N2/c1-11-41(3)55-39-59(65(47-31-27-45(28-32-47)63(5,6)7)57-25-17-21-43-19-13-15-23-49(43)57)53-38-36-52-56(42(4)12-2)40-60(54-37-35-51(55)61(53)62(52)54)66(48-33-29-46(30-34-48)64(8,9)10)58-26-18-22-44-20-14-16-24-50(44)58/h13-42H,11-12H2,1-10H3. The summed E-state index contributed by atoms with van der Waals surface area (Å²) >= 11 is 0. The number of rotatable bonds is 10. The first-order valence-corrected chi connectivity index (χ1v) is 24.3. The molecule has 0 aromatic heterocycles. The van der Waals surface area contributed by atoms with Crippen molar-refractivity contribution >= 4 is 88.0 Å². The Bertz CT molecular complexity index is 3140. The van der Waals surface area contributed by atoms with Crippen LogP contribution in [-0.4, -0.2) is 0 Å². The third kappa shape index (κ3) is 7.36. The molecule has 0 aliphatic carbocycles. The van der Waals surface area contributed by atoms with Crippen LogP contribution in [0.2, 0.25) is 0 Å². The molecule has 2 atom stereocenters. The van der Waals surface area contributed by atoms with Gasteiger partial charge in [0.2, 0.25) is 0 Å². The van der Waals surface area contributed by atoms with E-state index in [-0.39, 0.29) is 10.8 Å². The normalized spacial score (nSPS) is 13.3. The maximum absolute atomic E-state index is 2.56. The van der Waals surface area contributed by atoms with Crippen LogP contribution in [0.3, 0.4) is 0 Å². The van der Waals surface area contributed by atoms with Gasteiger partial charge < -0.3 is 9.80 Å². The van der Waals surface area contributed by atoms with Crippen LogP contribution >= 0.6 is 0 Å². The molecule has 2 nitrogen and oxygen atoms in total. The van der Waals surface area contributed by atoms with Gasteiger partial charge in [-0.2, -0.15) is 0 Å². The van der Waals surface area contributed by atoms with Gasteiger partial charge in [0.1, 0.15) is 0 Å². The van der Waals surface area contributed by atoms with Gasteiger partial charge in [0.25, 0.3) is 0 Å². The van der Waals surface area contributed by atoms with E-state index in [1.807, 2.05) is 0 Å². The molecule has 0 amide bonds. The molecule has 0 aliphatic heterocycles. The highest BCUT2D eigenvalue weighted by molar-refractivity contribution is 6.30. The van der Waals surface area contributed by atoms with Gasteiger partial charge in [0, 0.05) is 32.9 Å². The van der Waals surface area contributed by atoms with E-state index in [2.05, 4.69) is 249 Å². The Morgan fingerprint density at radius 2 is 0.712 bits per heavy atom. The summed E-state index contributed by atoms with van der Waals surface area (Å²) in [6.07, 6.45) is 2.08. The van der Waals surface area contributed by atoms with Gasteiger partial charge in [-0.25, -0.2) is 0 Å². The SMILES string of the molecule is CCC(C)c1cc(N(c2ccc(C(C)(C)C)cc2)c2cccc3ccccc23)c2ccc3c(C(C)CC)cc(N(c4ccc(C(C)(C)C)cc4)c4cccc5ccccc45)c4ccc1c2c34. The molecule has 0 aliphatic rings. The van der Waals surface area contributed by atoms with E-state index >= 15 is 0 Å². The maximum Gasteiger partial charge on any atom is 0.0543 e. The number of nitrogens with zero attached hydrogens (tertiary/aromatic N) is 2. The maximum atomic E-state index is 2.56. The molecule has 2 heteroatoms. The van der Waals surface area contributed by atoms with Crippen LogP contribution in [-0.2, 0) is 10.8 Å². The van der Waals surface area contributed by atoms with Crippen LogP contribution in [0.25, 0.3) is 53.9 Å². The second kappa shape index (κ2) is 16.7. The fourth-order valence-corrected chi connectivity index (χ4v) is 10.5. The van der Waals surface area contributed by atoms with Gasteiger partial charge in [0.05, 0.1) is 22.7 Å². The third-order valence-electron chi connectivity index (χ3n) is 14.7. The summed E-state index contributed by atoms with van der Waals surface area (Å²) in [6.45, 7) is 23.3. The lowest BCUT2D eigenvalue weighted by Crippen LogP contribution is -2.15. The zero-order chi connectivity index (χ0) is 46.1. The number of fused-ring (bicyclic) bond motifs is 2. The molecule has 66 heavy (non-hydrogen) atoms. The van der Waals surface area contributed by atoms with Gasteiger partial charge in [-0.1, -0.05) is 191 Å². The summed E-state index contributed by atoms with van der Waals surface area (Å²) < 4.78 is 0. The molecular formula is C64H64N2. The molecule has 0 N–H and O–H groups in total. The summed E-state index contributed by atoms with van der Waals surface area (Å²) in [5.41, 5.74) is 12.6. The predicted molar refractivity (Wildman–Crippen MR) is 289 cm³/mol.